The van der Waals surface area contributed by atoms with Gasteiger partial charge < -0.3 is 4.90 Å². The third kappa shape index (κ3) is 2.98. The van der Waals surface area contributed by atoms with Crippen molar-refractivity contribution in [2.45, 2.75) is 45.4 Å². The second-order valence-corrected chi connectivity index (χ2v) is 5.51. The number of hydrogen-bond donors (Lipinski definition) is 0. The summed E-state index contributed by atoms with van der Waals surface area (Å²) in [5.41, 5.74) is 0.999. The van der Waals surface area contributed by atoms with Crippen LogP contribution in [0, 0.1) is 11.3 Å². The topological polar surface area (TPSA) is 39.9 Å². The molecule has 4 heteroatoms. The van der Waals surface area contributed by atoms with Crippen molar-refractivity contribution in [3.8, 4) is 6.07 Å². The molecule has 2 rings (SSSR count). The zero-order valence-corrected chi connectivity index (χ0v) is 11.2. The Morgan fingerprint density at radius 3 is 2.59 bits per heavy atom. The highest BCUT2D eigenvalue weighted by Gasteiger charge is 2.16. The van der Waals surface area contributed by atoms with Crippen LogP contribution in [0.1, 0.15) is 49.6 Å². The molecule has 0 N–H and O–H groups in total. The maximum atomic E-state index is 9.11. The second-order valence-electron chi connectivity index (χ2n) is 4.54. The molecule has 1 aromatic heterocycles. The summed E-state index contributed by atoms with van der Waals surface area (Å²) in [5.74, 6) is 0. The van der Waals surface area contributed by atoms with Crippen molar-refractivity contribution in [3.63, 3.8) is 0 Å². The number of aromatic nitrogens is 1. The molecule has 0 bridgehead atoms. The lowest BCUT2D eigenvalue weighted by Crippen LogP contribution is -2.23. The van der Waals surface area contributed by atoms with Gasteiger partial charge in [-0.2, -0.15) is 5.26 Å². The van der Waals surface area contributed by atoms with Crippen LogP contribution in [0.4, 0.5) is 5.13 Å². The van der Waals surface area contributed by atoms with E-state index in [1.165, 1.54) is 25.7 Å². The Kier molecular flexibility index (Phi) is 4.38. The molecule has 0 aromatic carbocycles. The van der Waals surface area contributed by atoms with Crippen molar-refractivity contribution in [1.29, 1.82) is 5.26 Å². The van der Waals surface area contributed by atoms with Crippen molar-refractivity contribution in [2.75, 3.05) is 18.0 Å². The lowest BCUT2D eigenvalue weighted by Gasteiger charge is -2.18. The first-order valence-electron chi connectivity index (χ1n) is 6.50. The minimum absolute atomic E-state index is 0.811. The molecule has 1 saturated heterocycles. The minimum Gasteiger partial charge on any atom is -0.348 e. The number of anilines is 1. The largest absolute Gasteiger partial charge is 0.348 e. The van der Waals surface area contributed by atoms with Crippen molar-refractivity contribution in [1.82, 2.24) is 4.98 Å². The minimum atomic E-state index is 0.811. The second kappa shape index (κ2) is 6.02. The Balaban J connectivity index is 2.17. The van der Waals surface area contributed by atoms with Crippen LogP contribution in [0.25, 0.3) is 0 Å². The van der Waals surface area contributed by atoms with E-state index in [1.54, 1.807) is 11.3 Å². The van der Waals surface area contributed by atoms with E-state index in [4.69, 9.17) is 5.26 Å². The van der Waals surface area contributed by atoms with Gasteiger partial charge in [0.25, 0.3) is 0 Å². The number of aryl methyl sites for hydroxylation is 1. The van der Waals surface area contributed by atoms with Crippen molar-refractivity contribution >= 4 is 16.5 Å². The first-order valence-corrected chi connectivity index (χ1v) is 7.31. The van der Waals surface area contributed by atoms with E-state index in [2.05, 4.69) is 22.9 Å². The van der Waals surface area contributed by atoms with E-state index >= 15 is 0 Å². The van der Waals surface area contributed by atoms with Crippen molar-refractivity contribution in [3.05, 3.63) is 10.6 Å². The van der Waals surface area contributed by atoms with Crippen LogP contribution in [0.3, 0.4) is 0 Å². The third-order valence-corrected chi connectivity index (χ3v) is 4.21. The van der Waals surface area contributed by atoms with Crippen LogP contribution in [-0.2, 0) is 6.42 Å². The molecule has 0 saturated carbocycles. The maximum Gasteiger partial charge on any atom is 0.186 e. The van der Waals surface area contributed by atoms with Gasteiger partial charge in [0, 0.05) is 13.1 Å². The molecule has 17 heavy (non-hydrogen) atoms. The zero-order chi connectivity index (χ0) is 12.1. The molecule has 92 valence electrons. The molecule has 0 amide bonds. The predicted molar refractivity (Wildman–Crippen MR) is 71.5 cm³/mol. The van der Waals surface area contributed by atoms with Gasteiger partial charge >= 0.3 is 0 Å². The van der Waals surface area contributed by atoms with E-state index in [0.29, 0.717) is 0 Å². The van der Waals surface area contributed by atoms with Gasteiger partial charge in [0.1, 0.15) is 10.9 Å². The molecule has 0 spiro atoms. The Hall–Kier alpha value is -1.08. The van der Waals surface area contributed by atoms with E-state index in [0.717, 1.165) is 41.6 Å². The van der Waals surface area contributed by atoms with Gasteiger partial charge in [0.15, 0.2) is 5.13 Å². The zero-order valence-electron chi connectivity index (χ0n) is 10.4. The molecule has 1 aliphatic heterocycles. The Bertz CT molecular complexity index is 397. The molecule has 3 nitrogen and oxygen atoms in total. The third-order valence-electron chi connectivity index (χ3n) is 3.15. The smallest absolute Gasteiger partial charge is 0.186 e. The molecular formula is C13H19N3S. The molecule has 0 atom stereocenters. The summed E-state index contributed by atoms with van der Waals surface area (Å²) < 4.78 is 0. The lowest BCUT2D eigenvalue weighted by atomic mass is 10.2. The molecule has 0 unspecified atom stereocenters. The number of nitrogens with zero attached hydrogens (tertiary/aromatic N) is 3. The maximum absolute atomic E-state index is 9.11. The van der Waals surface area contributed by atoms with E-state index in [9.17, 15) is 0 Å². The average molecular weight is 249 g/mol. The van der Waals surface area contributed by atoms with Crippen molar-refractivity contribution in [2.24, 2.45) is 0 Å². The number of rotatable bonds is 3. The Labute approximate surface area is 107 Å². The van der Waals surface area contributed by atoms with Crippen LogP contribution in [0.15, 0.2) is 0 Å². The fourth-order valence-corrected chi connectivity index (χ4v) is 3.19. The molecule has 1 aromatic rings. The Morgan fingerprint density at radius 1 is 1.29 bits per heavy atom. The molecule has 0 radical (unpaired) electrons. The Morgan fingerprint density at radius 2 is 2.00 bits per heavy atom. The summed E-state index contributed by atoms with van der Waals surface area (Å²) in [6.45, 7) is 4.33. The highest BCUT2D eigenvalue weighted by Crippen LogP contribution is 2.28. The standard InChI is InChI=1S/C13H19N3S/c1-2-7-11-12(10-14)17-13(15-11)16-8-5-3-4-6-9-16/h2-9H2,1H3. The first kappa shape index (κ1) is 12.4. The van der Waals surface area contributed by atoms with Crippen LogP contribution >= 0.6 is 11.3 Å². The molecular weight excluding hydrogens is 230 g/mol. The number of hydrogen-bond acceptors (Lipinski definition) is 4. The SMILES string of the molecule is CCCc1nc(N2CCCCCC2)sc1C#N. The van der Waals surface area contributed by atoms with Gasteiger partial charge in [-0.05, 0) is 19.3 Å². The number of nitriles is 1. The molecule has 1 aliphatic rings. The summed E-state index contributed by atoms with van der Waals surface area (Å²) in [5, 5.41) is 10.2. The summed E-state index contributed by atoms with van der Waals surface area (Å²) >= 11 is 1.57. The lowest BCUT2D eigenvalue weighted by molar-refractivity contribution is 0.726. The molecule has 2 heterocycles. The molecule has 1 fully saturated rings. The van der Waals surface area contributed by atoms with E-state index in [1.807, 2.05) is 0 Å². The summed E-state index contributed by atoms with van der Waals surface area (Å²) in [6.07, 6.45) is 7.14. The quantitative estimate of drug-likeness (QED) is 0.824. The molecule has 0 aliphatic carbocycles. The fourth-order valence-electron chi connectivity index (χ4n) is 2.23. The number of thiazole rings is 1. The van der Waals surface area contributed by atoms with Gasteiger partial charge in [-0.15, -0.1) is 0 Å². The van der Waals surface area contributed by atoms with Crippen LogP contribution in [0.5, 0.6) is 0 Å². The van der Waals surface area contributed by atoms with Crippen LogP contribution < -0.4 is 4.90 Å². The van der Waals surface area contributed by atoms with Crippen molar-refractivity contribution < 1.29 is 0 Å². The van der Waals surface area contributed by atoms with Gasteiger partial charge in [0.2, 0.25) is 0 Å². The van der Waals surface area contributed by atoms with Gasteiger partial charge in [-0.3, -0.25) is 0 Å². The monoisotopic (exact) mass is 249 g/mol. The van der Waals surface area contributed by atoms with E-state index in [-0.39, 0.29) is 0 Å². The first-order chi connectivity index (χ1) is 8.35. The van der Waals surface area contributed by atoms with Crippen LogP contribution in [-0.4, -0.2) is 18.1 Å². The summed E-state index contributed by atoms with van der Waals surface area (Å²) in [6, 6.07) is 2.28. The summed E-state index contributed by atoms with van der Waals surface area (Å²) in [4.78, 5) is 7.83. The summed E-state index contributed by atoms with van der Waals surface area (Å²) in [7, 11) is 0. The van der Waals surface area contributed by atoms with E-state index < -0.39 is 0 Å². The highest BCUT2D eigenvalue weighted by molar-refractivity contribution is 7.16. The van der Waals surface area contributed by atoms with Crippen LogP contribution in [0.2, 0.25) is 0 Å². The predicted octanol–water partition coefficient (Wildman–Crippen LogP) is 3.35. The fraction of sp³-hybridized carbons (Fsp3) is 0.692. The average Bonchev–Trinajstić information content (AvgIpc) is 2.58. The van der Waals surface area contributed by atoms with Gasteiger partial charge in [-0.1, -0.05) is 37.5 Å². The highest BCUT2D eigenvalue weighted by atomic mass is 32.1. The normalized spacial score (nSPS) is 16.6. The van der Waals surface area contributed by atoms with Gasteiger partial charge in [0.05, 0.1) is 5.69 Å². The van der Waals surface area contributed by atoms with Gasteiger partial charge in [-0.25, -0.2) is 4.98 Å².